The largest absolute Gasteiger partial charge is 0.461 e. The van der Waals surface area contributed by atoms with Gasteiger partial charge < -0.3 is 14.2 Å². The number of esters is 1. The van der Waals surface area contributed by atoms with Gasteiger partial charge in [0.05, 0.1) is 11.0 Å². The molecule has 2 aromatic carbocycles. The fraction of sp³-hybridized carbons (Fsp3) is 0.481. The highest BCUT2D eigenvalue weighted by Gasteiger charge is 2.33. The second-order valence-corrected chi connectivity index (χ2v) is 9.81. The molecule has 5 heteroatoms. The molecule has 0 aliphatic heterocycles. The summed E-state index contributed by atoms with van der Waals surface area (Å²) in [6, 6.07) is 16.3. The van der Waals surface area contributed by atoms with E-state index < -0.39 is 0 Å². The summed E-state index contributed by atoms with van der Waals surface area (Å²) >= 11 is 0. The quantitative estimate of drug-likeness (QED) is 0.463. The summed E-state index contributed by atoms with van der Waals surface area (Å²) in [5, 5.41) is 0. The van der Waals surface area contributed by atoms with Gasteiger partial charge in [-0.1, -0.05) is 39.3 Å². The van der Waals surface area contributed by atoms with Gasteiger partial charge in [0.15, 0.2) is 0 Å². The van der Waals surface area contributed by atoms with Crippen LogP contribution in [0.4, 0.5) is 5.69 Å². The molecule has 0 saturated heterocycles. The van der Waals surface area contributed by atoms with E-state index in [0.29, 0.717) is 17.8 Å². The Morgan fingerprint density at radius 1 is 1.12 bits per heavy atom. The monoisotopic (exact) mass is 433 g/mol. The predicted molar refractivity (Wildman–Crippen MR) is 131 cm³/mol. The van der Waals surface area contributed by atoms with Crippen molar-refractivity contribution in [2.24, 2.45) is 17.8 Å². The number of nitrogens with zero attached hydrogens (tertiary/aromatic N) is 3. The minimum Gasteiger partial charge on any atom is -0.461 e. The topological polar surface area (TPSA) is 47.4 Å². The van der Waals surface area contributed by atoms with Gasteiger partial charge in [-0.2, -0.15) is 0 Å². The molecule has 5 nitrogen and oxygen atoms in total. The lowest BCUT2D eigenvalue weighted by Crippen LogP contribution is -2.36. The van der Waals surface area contributed by atoms with Crippen molar-refractivity contribution in [1.82, 2.24) is 9.55 Å². The number of aromatic nitrogens is 2. The van der Waals surface area contributed by atoms with Crippen molar-refractivity contribution in [3.63, 3.8) is 0 Å². The van der Waals surface area contributed by atoms with Crippen LogP contribution in [-0.2, 0) is 16.1 Å². The highest BCUT2D eigenvalue weighted by Crippen LogP contribution is 2.35. The average molecular weight is 434 g/mol. The van der Waals surface area contributed by atoms with Crippen molar-refractivity contribution in [1.29, 1.82) is 0 Å². The Bertz CT molecular complexity index is 1070. The molecule has 0 N–H and O–H groups in total. The third kappa shape index (κ3) is 4.67. The van der Waals surface area contributed by atoms with E-state index in [1.165, 1.54) is 6.42 Å². The van der Waals surface area contributed by atoms with Gasteiger partial charge in [-0.15, -0.1) is 0 Å². The van der Waals surface area contributed by atoms with E-state index in [2.05, 4.69) is 49.9 Å². The first-order chi connectivity index (χ1) is 15.3. The predicted octanol–water partition coefficient (Wildman–Crippen LogP) is 5.77. The van der Waals surface area contributed by atoms with Crippen LogP contribution in [-0.4, -0.2) is 35.7 Å². The highest BCUT2D eigenvalue weighted by molar-refractivity contribution is 5.83. The smallest absolute Gasteiger partial charge is 0.326 e. The van der Waals surface area contributed by atoms with Crippen molar-refractivity contribution >= 4 is 22.7 Å². The Morgan fingerprint density at radius 3 is 2.53 bits per heavy atom. The molecule has 1 aromatic heterocycles. The molecule has 1 aliphatic rings. The van der Waals surface area contributed by atoms with E-state index in [1.807, 2.05) is 42.9 Å². The van der Waals surface area contributed by atoms with Gasteiger partial charge in [-0.05, 0) is 67.0 Å². The zero-order valence-corrected chi connectivity index (χ0v) is 19.9. The molecule has 1 aliphatic carbocycles. The Morgan fingerprint density at radius 2 is 1.84 bits per heavy atom. The molecular formula is C27H35N3O2. The molecule has 1 unspecified atom stereocenters. The first kappa shape index (κ1) is 22.4. The normalized spacial score (nSPS) is 21.1. The van der Waals surface area contributed by atoms with E-state index >= 15 is 0 Å². The number of hydrogen-bond donors (Lipinski definition) is 0. The van der Waals surface area contributed by atoms with Crippen LogP contribution in [0.15, 0.2) is 48.5 Å². The van der Waals surface area contributed by atoms with Crippen LogP contribution in [0.25, 0.3) is 22.4 Å². The number of carbonyl (C=O) groups excluding carboxylic acids is 1. The fourth-order valence-electron chi connectivity index (χ4n) is 4.95. The number of imidazole rings is 1. The number of hydrogen-bond acceptors (Lipinski definition) is 4. The van der Waals surface area contributed by atoms with Crippen molar-refractivity contribution in [2.75, 3.05) is 19.0 Å². The third-order valence-corrected chi connectivity index (χ3v) is 6.83. The van der Waals surface area contributed by atoms with Crippen LogP contribution in [0, 0.1) is 17.8 Å². The van der Waals surface area contributed by atoms with Crippen LogP contribution >= 0.6 is 0 Å². The second-order valence-electron chi connectivity index (χ2n) is 9.81. The first-order valence-electron chi connectivity index (χ1n) is 11.8. The van der Waals surface area contributed by atoms with Crippen molar-refractivity contribution in [3.8, 4) is 11.4 Å². The minimum absolute atomic E-state index is 0.00357. The summed E-state index contributed by atoms with van der Waals surface area (Å²) in [5.74, 6) is 2.17. The van der Waals surface area contributed by atoms with Gasteiger partial charge in [0.1, 0.15) is 18.5 Å². The summed E-state index contributed by atoms with van der Waals surface area (Å²) in [5.41, 5.74) is 3.96. The molecule has 0 spiro atoms. The number of ether oxygens (including phenoxy) is 1. The maximum absolute atomic E-state index is 13.1. The summed E-state index contributed by atoms with van der Waals surface area (Å²) in [6.07, 6.45) is 3.31. The summed E-state index contributed by atoms with van der Waals surface area (Å²) in [6.45, 7) is 6.90. The van der Waals surface area contributed by atoms with Gasteiger partial charge >= 0.3 is 5.97 Å². The lowest BCUT2D eigenvalue weighted by atomic mass is 9.75. The molecule has 3 aromatic rings. The van der Waals surface area contributed by atoms with Crippen molar-refractivity contribution in [3.05, 3.63) is 48.5 Å². The van der Waals surface area contributed by atoms with E-state index in [9.17, 15) is 4.79 Å². The molecule has 3 atom stereocenters. The Balaban J connectivity index is 1.62. The zero-order chi connectivity index (χ0) is 22.8. The van der Waals surface area contributed by atoms with Crippen LogP contribution in [0.3, 0.4) is 0 Å². The number of benzene rings is 2. The molecule has 0 radical (unpaired) electrons. The minimum atomic E-state index is -0.177. The van der Waals surface area contributed by atoms with Crippen molar-refractivity contribution in [2.45, 2.75) is 52.7 Å². The van der Waals surface area contributed by atoms with Crippen molar-refractivity contribution < 1.29 is 9.53 Å². The van der Waals surface area contributed by atoms with Gasteiger partial charge in [0.2, 0.25) is 0 Å². The fourth-order valence-corrected chi connectivity index (χ4v) is 4.95. The molecule has 1 fully saturated rings. The molecule has 0 bridgehead atoms. The van der Waals surface area contributed by atoms with E-state index in [4.69, 9.17) is 9.72 Å². The van der Waals surface area contributed by atoms with E-state index in [0.717, 1.165) is 41.0 Å². The highest BCUT2D eigenvalue weighted by atomic mass is 16.5. The Kier molecular flexibility index (Phi) is 6.54. The second kappa shape index (κ2) is 9.35. The van der Waals surface area contributed by atoms with Crippen LogP contribution in [0.2, 0.25) is 0 Å². The van der Waals surface area contributed by atoms with Gasteiger partial charge in [0, 0.05) is 25.3 Å². The van der Waals surface area contributed by atoms with E-state index in [-0.39, 0.29) is 18.6 Å². The molecule has 0 amide bonds. The molecule has 170 valence electrons. The molecule has 4 rings (SSSR count). The van der Waals surface area contributed by atoms with Crippen LogP contribution in [0.5, 0.6) is 0 Å². The van der Waals surface area contributed by atoms with Gasteiger partial charge in [-0.3, -0.25) is 4.79 Å². The van der Waals surface area contributed by atoms with Gasteiger partial charge in [-0.25, -0.2) is 4.98 Å². The SMILES string of the molecule is CC(C)[C@@H]1CC[C@@H](C)CC1OC(=O)Cn1c(-c2ccc(N(C)C)cc2)nc2ccccc21. The third-order valence-electron chi connectivity index (χ3n) is 6.83. The molecule has 1 heterocycles. The van der Waals surface area contributed by atoms with Gasteiger partial charge in [0.25, 0.3) is 0 Å². The first-order valence-corrected chi connectivity index (χ1v) is 11.8. The lowest BCUT2D eigenvalue weighted by molar-refractivity contribution is -0.156. The standard InChI is InChI=1S/C27H35N3O2/c1-18(2)22-15-10-19(3)16-25(22)32-26(31)17-30-24-9-7-6-8-23(24)28-27(30)20-11-13-21(14-12-20)29(4)5/h6-9,11-14,18-19,22,25H,10,15-17H2,1-5H3/t19-,22+,25?/m1/s1. The maximum atomic E-state index is 13.1. The Hall–Kier alpha value is -2.82. The molecular weight excluding hydrogens is 398 g/mol. The maximum Gasteiger partial charge on any atom is 0.326 e. The molecule has 1 saturated carbocycles. The average Bonchev–Trinajstić information content (AvgIpc) is 3.12. The van der Waals surface area contributed by atoms with E-state index in [1.54, 1.807) is 0 Å². The number of rotatable bonds is 6. The number of anilines is 1. The molecule has 32 heavy (non-hydrogen) atoms. The number of fused-ring (bicyclic) bond motifs is 1. The Labute approximate surface area is 191 Å². The summed E-state index contributed by atoms with van der Waals surface area (Å²) in [7, 11) is 4.05. The van der Waals surface area contributed by atoms with Crippen LogP contribution < -0.4 is 4.90 Å². The number of para-hydroxylation sites is 2. The number of carbonyl (C=O) groups is 1. The summed E-state index contributed by atoms with van der Waals surface area (Å²) < 4.78 is 8.10. The lowest BCUT2D eigenvalue weighted by Gasteiger charge is -2.36. The zero-order valence-electron chi connectivity index (χ0n) is 19.9. The van der Waals surface area contributed by atoms with Crippen LogP contribution in [0.1, 0.15) is 40.0 Å². The summed E-state index contributed by atoms with van der Waals surface area (Å²) in [4.78, 5) is 20.1.